The molecule has 0 bridgehead atoms. The zero-order chi connectivity index (χ0) is 19.3. The van der Waals surface area contributed by atoms with Crippen LogP contribution in [0.2, 0.25) is 0 Å². The van der Waals surface area contributed by atoms with Crippen LogP contribution in [0.5, 0.6) is 0 Å². The quantitative estimate of drug-likeness (QED) is 0.393. The molecule has 0 aromatic heterocycles. The summed E-state index contributed by atoms with van der Waals surface area (Å²) in [7, 11) is -4.83. The predicted octanol–water partition coefficient (Wildman–Crippen LogP) is 6.01. The number of aryl methyl sites for hydroxylation is 1. The van der Waals surface area contributed by atoms with Crippen LogP contribution in [-0.4, -0.2) is 38.1 Å². The number of benzene rings is 1. The van der Waals surface area contributed by atoms with Crippen LogP contribution in [0.25, 0.3) is 0 Å². The first-order valence-corrected chi connectivity index (χ1v) is 14.3. The average Bonchev–Trinajstić information content (AvgIpc) is 2.57. The molecule has 0 aliphatic rings. The van der Waals surface area contributed by atoms with Crippen molar-refractivity contribution >= 4 is 17.4 Å². The maximum Gasteiger partial charge on any atom is 0.294 e. The molecule has 3 nitrogen and oxygen atoms in total. The first kappa shape index (κ1) is 24.6. The third kappa shape index (κ3) is 11.7. The predicted molar refractivity (Wildman–Crippen MR) is 115 cm³/mol. The third-order valence-corrected chi connectivity index (χ3v) is 10.3. The van der Waals surface area contributed by atoms with Crippen molar-refractivity contribution in [3.8, 4) is 0 Å². The minimum absolute atomic E-state index is 0.0666. The van der Waals surface area contributed by atoms with Crippen LogP contribution >= 0.6 is 7.26 Å². The molecular weight excluding hydrogens is 351 g/mol. The van der Waals surface area contributed by atoms with Gasteiger partial charge in [0.15, 0.2) is 0 Å². The topological polar surface area (TPSA) is 54.4 Å². The van der Waals surface area contributed by atoms with E-state index < -0.39 is 17.4 Å². The fourth-order valence-electron chi connectivity index (χ4n) is 2.90. The first-order valence-electron chi connectivity index (χ1n) is 9.72. The summed E-state index contributed by atoms with van der Waals surface area (Å²) in [6.07, 6.45) is 13.4. The Labute approximate surface area is 156 Å². The molecule has 148 valence electrons. The van der Waals surface area contributed by atoms with Crippen molar-refractivity contribution < 1.29 is 13.0 Å². The van der Waals surface area contributed by atoms with Crippen molar-refractivity contribution in [3.05, 3.63) is 29.8 Å². The Morgan fingerprint density at radius 2 is 1.20 bits per heavy atom. The van der Waals surface area contributed by atoms with Crippen LogP contribution in [0.15, 0.2) is 29.2 Å². The number of hydrogen-bond donors (Lipinski definition) is 1. The largest absolute Gasteiger partial charge is 0.294 e. The molecule has 0 unspecified atom stereocenters. The van der Waals surface area contributed by atoms with E-state index in [1.807, 2.05) is 6.92 Å². The number of unbranched alkanes of at least 4 members (excludes halogenated alkanes) is 3. The molecule has 1 aromatic carbocycles. The Morgan fingerprint density at radius 3 is 1.48 bits per heavy atom. The minimum Gasteiger partial charge on any atom is -0.282 e. The molecule has 0 saturated carbocycles. The second-order valence-corrected chi connectivity index (χ2v) is 14.0. The maximum atomic E-state index is 10.5. The van der Waals surface area contributed by atoms with Gasteiger partial charge in [-0.2, -0.15) is 8.42 Å². The van der Waals surface area contributed by atoms with E-state index in [1.54, 1.807) is 30.6 Å². The summed E-state index contributed by atoms with van der Waals surface area (Å²) < 4.78 is 29.6. The van der Waals surface area contributed by atoms with Gasteiger partial charge < -0.3 is 0 Å². The Bertz CT molecular complexity index is 531. The molecule has 1 aromatic rings. The van der Waals surface area contributed by atoms with Crippen molar-refractivity contribution in [3.63, 3.8) is 0 Å². The van der Waals surface area contributed by atoms with Crippen molar-refractivity contribution in [2.45, 2.75) is 71.1 Å². The van der Waals surface area contributed by atoms with Gasteiger partial charge in [0.05, 0.1) is 4.90 Å². The van der Waals surface area contributed by atoms with Crippen molar-refractivity contribution in [2.24, 2.45) is 0 Å². The van der Waals surface area contributed by atoms with Crippen LogP contribution in [-0.2, 0) is 10.1 Å². The van der Waals surface area contributed by atoms with E-state index in [0.29, 0.717) is 0 Å². The van der Waals surface area contributed by atoms with Gasteiger partial charge in [-0.05, 0) is 19.1 Å². The molecule has 0 aliphatic heterocycles. The van der Waals surface area contributed by atoms with Gasteiger partial charge in [-0.15, -0.1) is 0 Å². The van der Waals surface area contributed by atoms with E-state index in [2.05, 4.69) is 27.4 Å². The zero-order valence-electron chi connectivity index (χ0n) is 16.8. The van der Waals surface area contributed by atoms with Crippen LogP contribution in [0, 0.1) is 6.92 Å². The molecule has 0 saturated heterocycles. The Hall–Kier alpha value is -0.440. The fourth-order valence-corrected chi connectivity index (χ4v) is 7.75. The van der Waals surface area contributed by atoms with Gasteiger partial charge in [-0.1, -0.05) is 17.7 Å². The molecule has 5 heteroatoms. The van der Waals surface area contributed by atoms with Crippen LogP contribution in [0.1, 0.15) is 64.9 Å². The van der Waals surface area contributed by atoms with E-state index in [0.717, 1.165) is 5.56 Å². The molecule has 0 spiro atoms. The van der Waals surface area contributed by atoms with Gasteiger partial charge >= 0.3 is 91.7 Å². The second-order valence-electron chi connectivity index (χ2n) is 7.41. The van der Waals surface area contributed by atoms with Gasteiger partial charge in [-0.3, -0.25) is 4.55 Å². The molecule has 0 amide bonds. The Balaban J connectivity index is 0.000000472. The van der Waals surface area contributed by atoms with E-state index in [1.165, 1.54) is 50.7 Å². The molecule has 0 fully saturated rings. The van der Waals surface area contributed by atoms with Gasteiger partial charge in [0, 0.05) is 0 Å². The Morgan fingerprint density at radius 1 is 0.840 bits per heavy atom. The molecule has 0 aliphatic carbocycles. The van der Waals surface area contributed by atoms with Gasteiger partial charge in [0.1, 0.15) is 0 Å². The van der Waals surface area contributed by atoms with Crippen molar-refractivity contribution in [1.82, 2.24) is 0 Å². The molecular formula is C20H39O3PS. The summed E-state index contributed by atoms with van der Waals surface area (Å²) in [5.74, 6) is 0. The average molecular weight is 391 g/mol. The zero-order valence-corrected chi connectivity index (χ0v) is 18.7. The summed E-state index contributed by atoms with van der Waals surface area (Å²) >= 11 is 0. The molecule has 0 radical (unpaired) electrons. The summed E-state index contributed by atoms with van der Waals surface area (Å²) in [5.41, 5.74) is 0.956. The van der Waals surface area contributed by atoms with Gasteiger partial charge in [0.2, 0.25) is 0 Å². The van der Waals surface area contributed by atoms with Gasteiger partial charge in [-0.25, -0.2) is 0 Å². The van der Waals surface area contributed by atoms with E-state index in [4.69, 9.17) is 4.55 Å². The number of rotatable bonds is 10. The summed E-state index contributed by atoms with van der Waals surface area (Å²) in [6, 6.07) is 5.99. The van der Waals surface area contributed by atoms with Crippen molar-refractivity contribution in [2.75, 3.05) is 25.2 Å². The summed E-state index contributed by atoms with van der Waals surface area (Å²) in [5, 5.41) is 0. The van der Waals surface area contributed by atoms with Crippen LogP contribution in [0.3, 0.4) is 0 Å². The van der Waals surface area contributed by atoms with E-state index in [-0.39, 0.29) is 4.90 Å². The van der Waals surface area contributed by atoms with E-state index >= 15 is 0 Å². The summed E-state index contributed by atoms with van der Waals surface area (Å²) in [4.78, 5) is -0.0666. The van der Waals surface area contributed by atoms with E-state index in [9.17, 15) is 8.42 Å². The number of hydrogen-bond acceptors (Lipinski definition) is 2. The third-order valence-electron chi connectivity index (χ3n) is 4.72. The standard InChI is InChI=1S/C13H31P.C7H8O3S/c1-5-8-11-14(4,12-9-6-2)13-10-7-3;1-6-2-4-7(5-3-6)11(8,9)10/h14H,5-13H2,1-4H3;2-5H,1H3,(H,8,9,10). The second kappa shape index (κ2) is 12.8. The Kier molecular flexibility index (Phi) is 12.6. The minimum atomic E-state index is -4.02. The molecule has 25 heavy (non-hydrogen) atoms. The van der Waals surface area contributed by atoms with Crippen molar-refractivity contribution in [1.29, 1.82) is 0 Å². The smallest absolute Gasteiger partial charge is 0.282 e. The molecule has 1 rings (SSSR count). The summed E-state index contributed by atoms with van der Waals surface area (Å²) in [6.45, 7) is 11.5. The monoisotopic (exact) mass is 390 g/mol. The normalized spacial score (nSPS) is 12.4. The first-order chi connectivity index (χ1) is 11.7. The van der Waals surface area contributed by atoms with Crippen LogP contribution < -0.4 is 0 Å². The van der Waals surface area contributed by atoms with Gasteiger partial charge in [0.25, 0.3) is 10.1 Å². The SMILES string of the molecule is CCCC[PH](C)(CCCC)CCCC.Cc1ccc(S(=O)(=O)O)cc1. The van der Waals surface area contributed by atoms with Crippen LogP contribution in [0.4, 0.5) is 0 Å². The fraction of sp³-hybridized carbons (Fsp3) is 0.700. The molecule has 0 heterocycles. The molecule has 1 N–H and O–H groups in total. The molecule has 0 atom stereocenters. The maximum absolute atomic E-state index is 10.5.